The van der Waals surface area contributed by atoms with Crippen LogP contribution in [0.2, 0.25) is 0 Å². The van der Waals surface area contributed by atoms with E-state index < -0.39 is 38.4 Å². The van der Waals surface area contributed by atoms with Crippen LogP contribution in [0.1, 0.15) is 39.1 Å². The van der Waals surface area contributed by atoms with Crippen molar-refractivity contribution >= 4 is 19.7 Å². The Labute approximate surface area is 102 Å². The summed E-state index contributed by atoms with van der Waals surface area (Å²) in [6.07, 6.45) is -0.500. The Bertz CT molecular complexity index is 513. The third-order valence-electron chi connectivity index (χ3n) is 2.17. The van der Waals surface area contributed by atoms with Gasteiger partial charge in [-0.05, 0) is 13.8 Å². The van der Waals surface area contributed by atoms with Gasteiger partial charge in [-0.25, -0.2) is 8.42 Å². The van der Waals surface area contributed by atoms with Gasteiger partial charge in [0.15, 0.2) is 0 Å². The second-order valence-corrected chi connectivity index (χ2v) is 6.23. The molecule has 1 rings (SSSR count). The standard InChI is InChI=1S/C8H12ClF2N3O2S/c1-4-8(10,11)6-12-13-7(17(9,15)16)14(6)5(2)3/h5H,4H2,1-3H3. The van der Waals surface area contributed by atoms with Crippen LogP contribution in [0, 0.1) is 0 Å². The van der Waals surface area contributed by atoms with Crippen molar-refractivity contribution in [3.63, 3.8) is 0 Å². The topological polar surface area (TPSA) is 64.8 Å². The molecule has 17 heavy (non-hydrogen) atoms. The maximum absolute atomic E-state index is 13.5. The monoisotopic (exact) mass is 287 g/mol. The molecule has 1 aromatic heterocycles. The van der Waals surface area contributed by atoms with Crippen molar-refractivity contribution in [1.29, 1.82) is 0 Å². The number of halogens is 3. The Balaban J connectivity index is 3.52. The van der Waals surface area contributed by atoms with E-state index in [4.69, 9.17) is 10.7 Å². The van der Waals surface area contributed by atoms with E-state index in [9.17, 15) is 17.2 Å². The lowest BCUT2D eigenvalue weighted by molar-refractivity contribution is -0.0226. The Morgan fingerprint density at radius 1 is 1.41 bits per heavy atom. The van der Waals surface area contributed by atoms with Gasteiger partial charge in [0.05, 0.1) is 0 Å². The molecule has 5 nitrogen and oxygen atoms in total. The molecule has 0 aliphatic heterocycles. The Kier molecular flexibility index (Phi) is 3.78. The molecule has 0 bridgehead atoms. The Hall–Kier alpha value is -0.760. The first kappa shape index (κ1) is 14.3. The number of nitrogens with zero attached hydrogens (tertiary/aromatic N) is 3. The number of hydrogen-bond acceptors (Lipinski definition) is 4. The molecule has 0 spiro atoms. The normalized spacial score (nSPS) is 13.4. The summed E-state index contributed by atoms with van der Waals surface area (Å²) in [5.74, 6) is -3.92. The molecule has 0 aliphatic carbocycles. The molecule has 0 saturated carbocycles. The zero-order valence-electron chi connectivity index (χ0n) is 9.48. The van der Waals surface area contributed by atoms with E-state index in [-0.39, 0.29) is 0 Å². The Morgan fingerprint density at radius 3 is 2.29 bits per heavy atom. The average molecular weight is 288 g/mol. The van der Waals surface area contributed by atoms with Gasteiger partial charge >= 0.3 is 5.92 Å². The highest BCUT2D eigenvalue weighted by Crippen LogP contribution is 2.33. The van der Waals surface area contributed by atoms with Crippen LogP contribution >= 0.6 is 10.7 Å². The molecule has 0 atom stereocenters. The second kappa shape index (κ2) is 4.49. The van der Waals surface area contributed by atoms with Crippen LogP contribution in [0.3, 0.4) is 0 Å². The van der Waals surface area contributed by atoms with Gasteiger partial charge in [0.25, 0.3) is 14.2 Å². The van der Waals surface area contributed by atoms with Gasteiger partial charge in [-0.2, -0.15) is 8.78 Å². The minimum atomic E-state index is -4.20. The fourth-order valence-electron chi connectivity index (χ4n) is 1.32. The number of hydrogen-bond donors (Lipinski definition) is 0. The van der Waals surface area contributed by atoms with Crippen LogP contribution in [0.25, 0.3) is 0 Å². The van der Waals surface area contributed by atoms with Gasteiger partial charge < -0.3 is 0 Å². The minimum Gasteiger partial charge on any atom is -0.293 e. The predicted octanol–water partition coefficient (Wildman–Crippen LogP) is 2.29. The fraction of sp³-hybridized carbons (Fsp3) is 0.750. The summed E-state index contributed by atoms with van der Waals surface area (Å²) in [5, 5.41) is 5.83. The first-order valence-corrected chi connectivity index (χ1v) is 7.20. The van der Waals surface area contributed by atoms with Gasteiger partial charge in [-0.15, -0.1) is 10.2 Å². The van der Waals surface area contributed by atoms with Crippen LogP contribution in [0.5, 0.6) is 0 Å². The number of alkyl halides is 2. The van der Waals surface area contributed by atoms with E-state index in [2.05, 4.69) is 10.2 Å². The summed E-state index contributed by atoms with van der Waals surface area (Å²) in [6.45, 7) is 4.36. The first-order chi connectivity index (χ1) is 7.61. The van der Waals surface area contributed by atoms with Crippen LogP contribution in [0.4, 0.5) is 8.78 Å². The van der Waals surface area contributed by atoms with Crippen molar-refractivity contribution in [3.8, 4) is 0 Å². The molecule has 0 aliphatic rings. The summed E-state index contributed by atoms with van der Waals surface area (Å²) in [5.41, 5.74) is 0. The highest BCUT2D eigenvalue weighted by Gasteiger charge is 2.39. The van der Waals surface area contributed by atoms with Gasteiger partial charge in [0.2, 0.25) is 5.82 Å². The molecule has 0 radical (unpaired) electrons. The highest BCUT2D eigenvalue weighted by atomic mass is 35.7. The minimum absolute atomic E-state index is 0.500. The summed E-state index contributed by atoms with van der Waals surface area (Å²) in [6, 6.07) is -0.541. The lowest BCUT2D eigenvalue weighted by atomic mass is 10.2. The molecule has 9 heteroatoms. The summed E-state index contributed by atoms with van der Waals surface area (Å²) in [7, 11) is 0.920. The molecule has 0 N–H and O–H groups in total. The quantitative estimate of drug-likeness (QED) is 0.797. The largest absolute Gasteiger partial charge is 0.306 e. The van der Waals surface area contributed by atoms with E-state index in [1.165, 1.54) is 6.92 Å². The first-order valence-electron chi connectivity index (χ1n) is 4.89. The van der Waals surface area contributed by atoms with Crippen LogP contribution in [0.15, 0.2) is 5.16 Å². The van der Waals surface area contributed by atoms with E-state index in [0.29, 0.717) is 0 Å². The average Bonchev–Trinajstić information content (AvgIpc) is 2.61. The zero-order valence-corrected chi connectivity index (χ0v) is 11.1. The summed E-state index contributed by atoms with van der Waals surface area (Å²) in [4.78, 5) is 0. The molecule has 0 unspecified atom stereocenters. The molecule has 1 aromatic rings. The van der Waals surface area contributed by atoms with Crippen molar-refractivity contribution in [1.82, 2.24) is 14.8 Å². The third kappa shape index (κ3) is 2.74. The zero-order chi connectivity index (χ0) is 13.4. The van der Waals surface area contributed by atoms with E-state index in [0.717, 1.165) is 4.57 Å². The van der Waals surface area contributed by atoms with E-state index in [1.54, 1.807) is 13.8 Å². The number of aromatic nitrogens is 3. The van der Waals surface area contributed by atoms with Crippen molar-refractivity contribution in [2.24, 2.45) is 0 Å². The maximum atomic E-state index is 13.5. The van der Waals surface area contributed by atoms with Crippen LogP contribution in [-0.2, 0) is 15.0 Å². The van der Waals surface area contributed by atoms with Crippen molar-refractivity contribution in [2.75, 3.05) is 0 Å². The van der Waals surface area contributed by atoms with Crippen LogP contribution in [-0.4, -0.2) is 23.2 Å². The lowest BCUT2D eigenvalue weighted by Gasteiger charge is -2.18. The molecule has 0 amide bonds. The van der Waals surface area contributed by atoms with E-state index >= 15 is 0 Å². The predicted molar refractivity (Wildman–Crippen MR) is 57.6 cm³/mol. The van der Waals surface area contributed by atoms with Gasteiger partial charge in [0.1, 0.15) is 0 Å². The van der Waals surface area contributed by atoms with E-state index in [1.807, 2.05) is 0 Å². The van der Waals surface area contributed by atoms with Crippen molar-refractivity contribution in [3.05, 3.63) is 5.82 Å². The van der Waals surface area contributed by atoms with Crippen LogP contribution < -0.4 is 0 Å². The Morgan fingerprint density at radius 2 is 1.94 bits per heavy atom. The lowest BCUT2D eigenvalue weighted by Crippen LogP contribution is -2.22. The molecular weight excluding hydrogens is 276 g/mol. The molecule has 98 valence electrons. The maximum Gasteiger partial charge on any atom is 0.306 e. The number of rotatable bonds is 4. The molecule has 0 aromatic carbocycles. The molecule has 1 heterocycles. The third-order valence-corrected chi connectivity index (χ3v) is 3.30. The SMILES string of the molecule is CCC(F)(F)c1nnc(S(=O)(=O)Cl)n1C(C)C. The second-order valence-electron chi connectivity index (χ2n) is 3.77. The highest BCUT2D eigenvalue weighted by molar-refractivity contribution is 8.13. The summed E-state index contributed by atoms with van der Waals surface area (Å²) < 4.78 is 50.3. The smallest absolute Gasteiger partial charge is 0.293 e. The molecular formula is C8H12ClF2N3O2S. The molecule has 0 fully saturated rings. The summed E-state index contributed by atoms with van der Waals surface area (Å²) >= 11 is 0. The van der Waals surface area contributed by atoms with Crippen molar-refractivity contribution < 1.29 is 17.2 Å². The van der Waals surface area contributed by atoms with Gasteiger partial charge in [-0.1, -0.05) is 6.92 Å². The van der Waals surface area contributed by atoms with Gasteiger partial charge in [0, 0.05) is 23.1 Å². The van der Waals surface area contributed by atoms with Gasteiger partial charge in [-0.3, -0.25) is 4.57 Å². The molecule has 0 saturated heterocycles. The fourth-order valence-corrected chi connectivity index (χ4v) is 2.30. The van der Waals surface area contributed by atoms with Crippen molar-refractivity contribution in [2.45, 2.75) is 44.3 Å².